The van der Waals surface area contributed by atoms with Crippen molar-refractivity contribution in [2.24, 2.45) is 13.0 Å². The molecular formula is C25H28N6O2. The lowest BCUT2D eigenvalue weighted by molar-refractivity contribution is 0.0943. The van der Waals surface area contributed by atoms with Crippen molar-refractivity contribution in [3.8, 4) is 11.6 Å². The molecule has 0 unspecified atom stereocenters. The van der Waals surface area contributed by atoms with Crippen LogP contribution in [0.2, 0.25) is 0 Å². The lowest BCUT2D eigenvalue weighted by Gasteiger charge is -2.26. The van der Waals surface area contributed by atoms with E-state index in [2.05, 4.69) is 36.1 Å². The second-order valence-electron chi connectivity index (χ2n) is 8.95. The standard InChI is InChI=1S/C25H28N6O2/c1-15-12-27-20(14-26-15)25-30-29-24(33-25)18-10-8-17(9-11-18)13-28-23(32)22-16(2)31(3)21-7-5-4-6-19(21)22/h4-7,12,14,17-18H,8-11,13H2,1-3H3,(H,28,32). The normalized spacial score (nSPS) is 18.5. The molecule has 0 saturated heterocycles. The predicted molar refractivity (Wildman–Crippen MR) is 125 cm³/mol. The van der Waals surface area contributed by atoms with Crippen LogP contribution in [0.4, 0.5) is 0 Å². The molecule has 1 aliphatic carbocycles. The molecule has 4 aromatic rings. The monoisotopic (exact) mass is 444 g/mol. The summed E-state index contributed by atoms with van der Waals surface area (Å²) in [4.78, 5) is 21.6. The van der Waals surface area contributed by atoms with Gasteiger partial charge < -0.3 is 14.3 Å². The van der Waals surface area contributed by atoms with Crippen LogP contribution in [-0.2, 0) is 7.05 Å². The zero-order valence-corrected chi connectivity index (χ0v) is 19.2. The van der Waals surface area contributed by atoms with Crippen molar-refractivity contribution in [1.82, 2.24) is 30.0 Å². The minimum atomic E-state index is 0.00664. The summed E-state index contributed by atoms with van der Waals surface area (Å²) in [5.41, 5.74) is 4.29. The van der Waals surface area contributed by atoms with Gasteiger partial charge in [0.2, 0.25) is 5.89 Å². The summed E-state index contributed by atoms with van der Waals surface area (Å²) < 4.78 is 7.98. The van der Waals surface area contributed by atoms with Crippen molar-refractivity contribution in [2.45, 2.75) is 45.4 Å². The first-order valence-corrected chi connectivity index (χ1v) is 11.5. The van der Waals surface area contributed by atoms with E-state index >= 15 is 0 Å². The molecule has 1 N–H and O–H groups in total. The van der Waals surface area contributed by atoms with E-state index in [4.69, 9.17) is 4.42 Å². The lowest BCUT2D eigenvalue weighted by Crippen LogP contribution is -2.31. The summed E-state index contributed by atoms with van der Waals surface area (Å²) in [6, 6.07) is 8.05. The highest BCUT2D eigenvalue weighted by atomic mass is 16.4. The third kappa shape index (κ3) is 4.13. The van der Waals surface area contributed by atoms with Gasteiger partial charge in [-0.25, -0.2) is 4.98 Å². The number of aromatic nitrogens is 5. The first-order valence-electron chi connectivity index (χ1n) is 11.5. The van der Waals surface area contributed by atoms with Gasteiger partial charge in [-0.2, -0.15) is 0 Å². The molecule has 1 fully saturated rings. The Morgan fingerprint density at radius 2 is 1.88 bits per heavy atom. The maximum absolute atomic E-state index is 13.0. The first kappa shape index (κ1) is 21.3. The van der Waals surface area contributed by atoms with Crippen LogP contribution in [0.3, 0.4) is 0 Å². The maximum Gasteiger partial charge on any atom is 0.267 e. The minimum Gasteiger partial charge on any atom is -0.419 e. The first-order chi connectivity index (χ1) is 16.0. The molecule has 0 radical (unpaired) electrons. The Morgan fingerprint density at radius 1 is 1.09 bits per heavy atom. The smallest absolute Gasteiger partial charge is 0.267 e. The number of carbonyl (C=O) groups is 1. The van der Waals surface area contributed by atoms with Crippen LogP contribution in [0.25, 0.3) is 22.5 Å². The van der Waals surface area contributed by atoms with E-state index in [1.54, 1.807) is 12.4 Å². The van der Waals surface area contributed by atoms with Crippen molar-refractivity contribution in [3.05, 3.63) is 59.5 Å². The number of para-hydroxylation sites is 1. The van der Waals surface area contributed by atoms with E-state index in [9.17, 15) is 4.79 Å². The summed E-state index contributed by atoms with van der Waals surface area (Å²) in [7, 11) is 2.00. The maximum atomic E-state index is 13.0. The van der Waals surface area contributed by atoms with Crippen LogP contribution in [-0.4, -0.2) is 37.2 Å². The lowest BCUT2D eigenvalue weighted by atomic mass is 9.82. The number of benzene rings is 1. The fourth-order valence-electron chi connectivity index (χ4n) is 4.75. The zero-order chi connectivity index (χ0) is 22.9. The molecule has 1 aromatic carbocycles. The van der Waals surface area contributed by atoms with Crippen LogP contribution < -0.4 is 5.32 Å². The molecule has 3 heterocycles. The molecule has 0 spiro atoms. The number of rotatable bonds is 5. The van der Waals surface area contributed by atoms with E-state index in [0.29, 0.717) is 29.9 Å². The third-order valence-electron chi connectivity index (χ3n) is 6.81. The van der Waals surface area contributed by atoms with Gasteiger partial charge in [0.05, 0.1) is 17.5 Å². The topological polar surface area (TPSA) is 98.7 Å². The molecule has 5 rings (SSSR count). The summed E-state index contributed by atoms with van der Waals surface area (Å²) in [6.45, 7) is 4.57. The van der Waals surface area contributed by atoms with Gasteiger partial charge in [-0.3, -0.25) is 9.78 Å². The van der Waals surface area contributed by atoms with Gasteiger partial charge in [-0.15, -0.1) is 10.2 Å². The summed E-state index contributed by atoms with van der Waals surface area (Å²) in [5, 5.41) is 12.6. The molecule has 1 saturated carbocycles. The van der Waals surface area contributed by atoms with Crippen LogP contribution >= 0.6 is 0 Å². The highest BCUT2D eigenvalue weighted by Crippen LogP contribution is 2.35. The van der Waals surface area contributed by atoms with Crippen molar-refractivity contribution >= 4 is 16.8 Å². The number of nitrogens with one attached hydrogen (secondary N) is 1. The van der Waals surface area contributed by atoms with Gasteiger partial charge >= 0.3 is 0 Å². The predicted octanol–water partition coefficient (Wildman–Crippen LogP) is 4.34. The van der Waals surface area contributed by atoms with Crippen molar-refractivity contribution in [3.63, 3.8) is 0 Å². The van der Waals surface area contributed by atoms with Crippen molar-refractivity contribution in [1.29, 1.82) is 0 Å². The van der Waals surface area contributed by atoms with E-state index in [0.717, 1.165) is 53.5 Å². The Morgan fingerprint density at radius 3 is 2.64 bits per heavy atom. The molecule has 1 aliphatic rings. The zero-order valence-electron chi connectivity index (χ0n) is 19.2. The Bertz CT molecular complexity index is 1280. The number of amides is 1. The Kier molecular flexibility index (Phi) is 5.66. The molecule has 0 atom stereocenters. The van der Waals surface area contributed by atoms with Crippen LogP contribution in [0.15, 0.2) is 41.1 Å². The number of hydrogen-bond donors (Lipinski definition) is 1. The van der Waals surface area contributed by atoms with Crippen LogP contribution in [0.5, 0.6) is 0 Å². The average molecular weight is 445 g/mol. The molecule has 33 heavy (non-hydrogen) atoms. The Hall–Kier alpha value is -3.55. The summed E-state index contributed by atoms with van der Waals surface area (Å²) in [5.74, 6) is 1.79. The number of aryl methyl sites for hydroxylation is 2. The largest absolute Gasteiger partial charge is 0.419 e. The van der Waals surface area contributed by atoms with E-state index < -0.39 is 0 Å². The second kappa shape index (κ2) is 8.77. The molecule has 8 nitrogen and oxygen atoms in total. The summed E-state index contributed by atoms with van der Waals surface area (Å²) in [6.07, 6.45) is 7.31. The third-order valence-corrected chi connectivity index (χ3v) is 6.81. The van der Waals surface area contributed by atoms with Crippen LogP contribution in [0.1, 0.15) is 59.2 Å². The number of nitrogens with zero attached hydrogens (tertiary/aromatic N) is 5. The van der Waals surface area contributed by atoms with E-state index in [1.807, 2.05) is 39.1 Å². The van der Waals surface area contributed by atoms with Gasteiger partial charge in [0.25, 0.3) is 11.8 Å². The Balaban J connectivity index is 1.18. The van der Waals surface area contributed by atoms with Gasteiger partial charge in [0, 0.05) is 42.3 Å². The molecule has 1 amide bonds. The van der Waals surface area contributed by atoms with Crippen LogP contribution in [0, 0.1) is 19.8 Å². The molecule has 3 aromatic heterocycles. The van der Waals surface area contributed by atoms with Gasteiger partial charge in [0.1, 0.15) is 5.69 Å². The van der Waals surface area contributed by atoms with E-state index in [-0.39, 0.29) is 11.8 Å². The van der Waals surface area contributed by atoms with Gasteiger partial charge in [-0.1, -0.05) is 18.2 Å². The molecular weight excluding hydrogens is 416 g/mol. The fraction of sp³-hybridized carbons (Fsp3) is 0.400. The minimum absolute atomic E-state index is 0.00664. The highest BCUT2D eigenvalue weighted by Gasteiger charge is 2.27. The quantitative estimate of drug-likeness (QED) is 0.492. The second-order valence-corrected chi connectivity index (χ2v) is 8.95. The number of carbonyl (C=O) groups excluding carboxylic acids is 1. The average Bonchev–Trinajstić information content (AvgIpc) is 3.42. The molecule has 0 bridgehead atoms. The molecule has 8 heteroatoms. The fourth-order valence-corrected chi connectivity index (χ4v) is 4.75. The SMILES string of the molecule is Cc1cnc(-c2nnc(C3CCC(CNC(=O)c4c(C)n(C)c5ccccc45)CC3)o2)cn1. The summed E-state index contributed by atoms with van der Waals surface area (Å²) >= 11 is 0. The number of fused-ring (bicyclic) bond motifs is 1. The highest BCUT2D eigenvalue weighted by molar-refractivity contribution is 6.08. The van der Waals surface area contributed by atoms with Crippen molar-refractivity contribution in [2.75, 3.05) is 6.54 Å². The van der Waals surface area contributed by atoms with Gasteiger partial charge in [0.15, 0.2) is 0 Å². The van der Waals surface area contributed by atoms with Crippen molar-refractivity contribution < 1.29 is 9.21 Å². The molecule has 170 valence electrons. The molecule has 0 aliphatic heterocycles. The number of hydrogen-bond acceptors (Lipinski definition) is 6. The Labute approximate surface area is 192 Å². The van der Waals surface area contributed by atoms with E-state index in [1.165, 1.54) is 0 Å². The van der Waals surface area contributed by atoms with Gasteiger partial charge in [-0.05, 0) is 51.5 Å².